The van der Waals surface area contributed by atoms with Gasteiger partial charge in [0.05, 0.1) is 17.0 Å². The van der Waals surface area contributed by atoms with E-state index in [1.807, 2.05) is 31.2 Å². The van der Waals surface area contributed by atoms with Crippen molar-refractivity contribution in [3.63, 3.8) is 0 Å². The summed E-state index contributed by atoms with van der Waals surface area (Å²) in [6, 6.07) is 11.0. The Balaban J connectivity index is 2.04. The van der Waals surface area contributed by atoms with Crippen molar-refractivity contribution in [1.29, 1.82) is 0 Å². The van der Waals surface area contributed by atoms with E-state index in [9.17, 15) is 9.90 Å². The summed E-state index contributed by atoms with van der Waals surface area (Å²) >= 11 is 0. The highest BCUT2D eigenvalue weighted by Gasteiger charge is 2.19. The summed E-state index contributed by atoms with van der Waals surface area (Å²) in [5, 5.41) is 11.5. The van der Waals surface area contributed by atoms with Gasteiger partial charge in [-0.05, 0) is 36.1 Å². The first kappa shape index (κ1) is 15.5. The van der Waals surface area contributed by atoms with Gasteiger partial charge in [0.2, 0.25) is 11.2 Å². The standard InChI is InChI=1S/C21H18O4/c1-11(2)13-4-6-14(7-5-13)20-19(23)18(22)15-8-9-16-17(21(15)25-20)12(3)10-24-16/h4-11,23H,1-3H3. The number of benzene rings is 2. The molecule has 4 nitrogen and oxygen atoms in total. The Morgan fingerprint density at radius 2 is 1.76 bits per heavy atom. The summed E-state index contributed by atoms with van der Waals surface area (Å²) in [6.07, 6.45) is 1.63. The van der Waals surface area contributed by atoms with Gasteiger partial charge in [0.15, 0.2) is 5.76 Å². The van der Waals surface area contributed by atoms with Crippen molar-refractivity contribution in [2.24, 2.45) is 0 Å². The summed E-state index contributed by atoms with van der Waals surface area (Å²) in [7, 11) is 0. The smallest absolute Gasteiger partial charge is 0.235 e. The fourth-order valence-electron chi connectivity index (χ4n) is 3.13. The van der Waals surface area contributed by atoms with Crippen LogP contribution in [-0.4, -0.2) is 5.11 Å². The van der Waals surface area contributed by atoms with Gasteiger partial charge in [0.1, 0.15) is 11.2 Å². The van der Waals surface area contributed by atoms with Gasteiger partial charge < -0.3 is 13.9 Å². The molecule has 2 aromatic carbocycles. The molecule has 0 atom stereocenters. The molecule has 0 aliphatic carbocycles. The molecular weight excluding hydrogens is 316 g/mol. The fraction of sp³-hybridized carbons (Fsp3) is 0.190. The minimum atomic E-state index is -0.438. The van der Waals surface area contributed by atoms with Crippen molar-refractivity contribution in [2.45, 2.75) is 26.7 Å². The van der Waals surface area contributed by atoms with Crippen LogP contribution in [0.5, 0.6) is 5.75 Å². The fourth-order valence-corrected chi connectivity index (χ4v) is 3.13. The molecule has 0 bridgehead atoms. The van der Waals surface area contributed by atoms with Crippen molar-refractivity contribution in [2.75, 3.05) is 0 Å². The van der Waals surface area contributed by atoms with Crippen molar-refractivity contribution in [3.05, 3.63) is 64.0 Å². The predicted octanol–water partition coefficient (Wildman–Crippen LogP) is 5.34. The topological polar surface area (TPSA) is 63.6 Å². The lowest BCUT2D eigenvalue weighted by molar-refractivity contribution is 0.449. The lowest BCUT2D eigenvalue weighted by atomic mass is 10.0. The number of fused-ring (bicyclic) bond motifs is 3. The van der Waals surface area contributed by atoms with E-state index in [2.05, 4.69) is 13.8 Å². The van der Waals surface area contributed by atoms with Gasteiger partial charge in [-0.25, -0.2) is 0 Å². The van der Waals surface area contributed by atoms with E-state index in [1.165, 1.54) is 5.56 Å². The monoisotopic (exact) mass is 334 g/mol. The molecule has 0 fully saturated rings. The molecule has 2 aromatic heterocycles. The van der Waals surface area contributed by atoms with Crippen LogP contribution in [0.2, 0.25) is 0 Å². The maximum atomic E-state index is 12.6. The van der Waals surface area contributed by atoms with E-state index < -0.39 is 5.43 Å². The van der Waals surface area contributed by atoms with Gasteiger partial charge in [0, 0.05) is 5.56 Å². The van der Waals surface area contributed by atoms with Crippen LogP contribution in [0.3, 0.4) is 0 Å². The van der Waals surface area contributed by atoms with Crippen molar-refractivity contribution in [3.8, 4) is 17.1 Å². The van der Waals surface area contributed by atoms with Crippen molar-refractivity contribution < 1.29 is 13.9 Å². The number of aryl methyl sites for hydroxylation is 1. The second-order valence-corrected chi connectivity index (χ2v) is 6.62. The third-order valence-corrected chi connectivity index (χ3v) is 4.59. The van der Waals surface area contributed by atoms with Gasteiger partial charge in [-0.15, -0.1) is 0 Å². The first-order chi connectivity index (χ1) is 12.0. The molecule has 1 N–H and O–H groups in total. The molecule has 4 rings (SSSR count). The molecule has 0 unspecified atom stereocenters. The van der Waals surface area contributed by atoms with Crippen LogP contribution in [0, 0.1) is 6.92 Å². The largest absolute Gasteiger partial charge is 0.502 e. The lowest BCUT2D eigenvalue weighted by Gasteiger charge is -2.09. The summed E-state index contributed by atoms with van der Waals surface area (Å²) in [6.45, 7) is 6.12. The number of aromatic hydroxyl groups is 1. The molecule has 126 valence electrons. The van der Waals surface area contributed by atoms with Gasteiger partial charge >= 0.3 is 0 Å². The third-order valence-electron chi connectivity index (χ3n) is 4.59. The van der Waals surface area contributed by atoms with Crippen LogP contribution < -0.4 is 5.43 Å². The summed E-state index contributed by atoms with van der Waals surface area (Å²) in [5.41, 5.74) is 3.38. The van der Waals surface area contributed by atoms with Crippen LogP contribution in [0.1, 0.15) is 30.9 Å². The van der Waals surface area contributed by atoms with E-state index in [-0.39, 0.29) is 11.5 Å². The van der Waals surface area contributed by atoms with Gasteiger partial charge in [-0.3, -0.25) is 4.79 Å². The highest BCUT2D eigenvalue weighted by atomic mass is 16.4. The molecule has 2 heterocycles. The molecule has 0 saturated heterocycles. The molecule has 0 aliphatic heterocycles. The molecule has 25 heavy (non-hydrogen) atoms. The van der Waals surface area contributed by atoms with Crippen LogP contribution >= 0.6 is 0 Å². The SMILES string of the molecule is Cc1coc2ccc3c(=O)c(O)c(-c4ccc(C(C)C)cc4)oc3c12. The van der Waals surface area contributed by atoms with Crippen LogP contribution in [0.25, 0.3) is 33.3 Å². The van der Waals surface area contributed by atoms with Crippen LogP contribution in [-0.2, 0) is 0 Å². The normalized spacial score (nSPS) is 11.7. The van der Waals surface area contributed by atoms with Gasteiger partial charge in [-0.1, -0.05) is 38.1 Å². The molecule has 4 aromatic rings. The first-order valence-electron chi connectivity index (χ1n) is 8.24. The summed E-state index contributed by atoms with van der Waals surface area (Å²) in [5.74, 6) is 0.214. The Labute approximate surface area is 144 Å². The molecule has 0 amide bonds. The Hall–Kier alpha value is -3.01. The Bertz CT molecular complexity index is 1140. The van der Waals surface area contributed by atoms with E-state index in [0.717, 1.165) is 10.9 Å². The molecule has 0 radical (unpaired) electrons. The van der Waals surface area contributed by atoms with Crippen LogP contribution in [0.4, 0.5) is 0 Å². The Kier molecular flexibility index (Phi) is 3.42. The van der Waals surface area contributed by atoms with E-state index in [4.69, 9.17) is 8.83 Å². The first-order valence-corrected chi connectivity index (χ1v) is 8.24. The summed E-state index contributed by atoms with van der Waals surface area (Å²) < 4.78 is 11.5. The molecule has 0 spiro atoms. The summed E-state index contributed by atoms with van der Waals surface area (Å²) in [4.78, 5) is 12.6. The van der Waals surface area contributed by atoms with E-state index >= 15 is 0 Å². The minimum absolute atomic E-state index is 0.181. The second kappa shape index (κ2) is 5.52. The maximum absolute atomic E-state index is 12.6. The minimum Gasteiger partial charge on any atom is -0.502 e. The Morgan fingerprint density at radius 1 is 1.04 bits per heavy atom. The highest BCUT2D eigenvalue weighted by molar-refractivity contribution is 6.04. The number of rotatable bonds is 2. The van der Waals surface area contributed by atoms with E-state index in [0.29, 0.717) is 28.0 Å². The molecular formula is C21H18O4. The average molecular weight is 334 g/mol. The highest BCUT2D eigenvalue weighted by Crippen LogP contribution is 2.35. The lowest BCUT2D eigenvalue weighted by Crippen LogP contribution is -2.02. The molecule has 0 aliphatic rings. The molecule has 0 saturated carbocycles. The van der Waals surface area contributed by atoms with Gasteiger partial charge in [-0.2, -0.15) is 0 Å². The predicted molar refractivity (Wildman–Crippen MR) is 98.2 cm³/mol. The molecule has 4 heteroatoms. The zero-order valence-electron chi connectivity index (χ0n) is 14.3. The zero-order valence-corrected chi connectivity index (χ0v) is 14.3. The number of hydrogen-bond donors (Lipinski definition) is 1. The third kappa shape index (κ3) is 2.33. The second-order valence-electron chi connectivity index (χ2n) is 6.62. The quantitative estimate of drug-likeness (QED) is 0.537. The maximum Gasteiger partial charge on any atom is 0.235 e. The van der Waals surface area contributed by atoms with Crippen molar-refractivity contribution in [1.82, 2.24) is 0 Å². The number of furan rings is 1. The Morgan fingerprint density at radius 3 is 2.44 bits per heavy atom. The average Bonchev–Trinajstić information content (AvgIpc) is 2.99. The van der Waals surface area contributed by atoms with Gasteiger partial charge in [0.25, 0.3) is 0 Å². The van der Waals surface area contributed by atoms with E-state index in [1.54, 1.807) is 18.4 Å². The van der Waals surface area contributed by atoms with Crippen molar-refractivity contribution >= 4 is 21.9 Å². The zero-order chi connectivity index (χ0) is 17.7. The van der Waals surface area contributed by atoms with Crippen LogP contribution in [0.15, 0.2) is 56.3 Å². The number of hydrogen-bond acceptors (Lipinski definition) is 4.